The van der Waals surface area contributed by atoms with E-state index in [1.54, 1.807) is 0 Å². The second-order valence-corrected chi connectivity index (χ2v) is 2.14. The SMILES string of the molecule is COc1cc(B(O)O)cc(F)n1. The lowest BCUT2D eigenvalue weighted by Crippen LogP contribution is -2.30. The Labute approximate surface area is 68.8 Å². The third kappa shape index (κ3) is 1.93. The predicted octanol–water partition coefficient (Wildman–Crippen LogP) is -1.09. The zero-order valence-electron chi connectivity index (χ0n) is 6.36. The third-order valence-corrected chi connectivity index (χ3v) is 1.30. The van der Waals surface area contributed by atoms with Gasteiger partial charge in [0, 0.05) is 6.07 Å². The molecule has 0 fully saturated rings. The fourth-order valence-corrected chi connectivity index (χ4v) is 0.745. The summed E-state index contributed by atoms with van der Waals surface area (Å²) < 4.78 is 17.2. The Morgan fingerprint density at radius 3 is 2.67 bits per heavy atom. The van der Waals surface area contributed by atoms with Crippen molar-refractivity contribution in [2.45, 2.75) is 0 Å². The predicted molar refractivity (Wildman–Crippen MR) is 40.6 cm³/mol. The molecule has 6 heteroatoms. The van der Waals surface area contributed by atoms with Gasteiger partial charge >= 0.3 is 7.12 Å². The highest BCUT2D eigenvalue weighted by Gasteiger charge is 2.13. The molecular formula is C6H7BFNO3. The van der Waals surface area contributed by atoms with E-state index in [1.807, 2.05) is 0 Å². The molecule has 0 aliphatic heterocycles. The van der Waals surface area contributed by atoms with Crippen LogP contribution in [-0.4, -0.2) is 29.3 Å². The van der Waals surface area contributed by atoms with Crippen LogP contribution in [0.25, 0.3) is 0 Å². The van der Waals surface area contributed by atoms with Crippen molar-refractivity contribution in [3.8, 4) is 5.88 Å². The molecule has 0 saturated heterocycles. The summed E-state index contributed by atoms with van der Waals surface area (Å²) in [4.78, 5) is 3.32. The second-order valence-electron chi connectivity index (χ2n) is 2.14. The van der Waals surface area contributed by atoms with Crippen molar-refractivity contribution in [1.82, 2.24) is 4.98 Å². The lowest BCUT2D eigenvalue weighted by Gasteiger charge is -2.02. The van der Waals surface area contributed by atoms with E-state index in [1.165, 1.54) is 13.2 Å². The molecule has 1 rings (SSSR count). The maximum atomic E-state index is 12.6. The zero-order chi connectivity index (χ0) is 9.14. The normalized spacial score (nSPS) is 9.67. The molecule has 1 aromatic rings. The van der Waals surface area contributed by atoms with Gasteiger partial charge in [-0.25, -0.2) is 0 Å². The Kier molecular flexibility index (Phi) is 2.62. The first-order valence-corrected chi connectivity index (χ1v) is 3.21. The van der Waals surface area contributed by atoms with Crippen LogP contribution in [-0.2, 0) is 0 Å². The van der Waals surface area contributed by atoms with Crippen molar-refractivity contribution in [2.24, 2.45) is 0 Å². The number of rotatable bonds is 2. The maximum absolute atomic E-state index is 12.6. The molecule has 0 aliphatic carbocycles. The number of pyridine rings is 1. The molecule has 2 N–H and O–H groups in total. The summed E-state index contributed by atoms with van der Waals surface area (Å²) in [5.41, 5.74) is 0.0133. The quantitative estimate of drug-likeness (QED) is 0.438. The lowest BCUT2D eigenvalue weighted by atomic mass is 9.81. The molecule has 1 heterocycles. The second kappa shape index (κ2) is 3.51. The highest BCUT2D eigenvalue weighted by molar-refractivity contribution is 6.58. The fraction of sp³-hybridized carbons (Fsp3) is 0.167. The summed E-state index contributed by atoms with van der Waals surface area (Å²) in [6, 6.07) is 2.17. The topological polar surface area (TPSA) is 62.6 Å². The number of nitrogens with zero attached hydrogens (tertiary/aromatic N) is 1. The number of hydrogen-bond acceptors (Lipinski definition) is 4. The third-order valence-electron chi connectivity index (χ3n) is 1.30. The molecule has 1 aromatic heterocycles. The van der Waals surface area contributed by atoms with Gasteiger partial charge in [-0.05, 0) is 11.5 Å². The van der Waals surface area contributed by atoms with Crippen LogP contribution in [0.1, 0.15) is 0 Å². The van der Waals surface area contributed by atoms with Crippen molar-refractivity contribution in [3.63, 3.8) is 0 Å². The van der Waals surface area contributed by atoms with Gasteiger partial charge in [-0.2, -0.15) is 9.37 Å². The number of hydrogen-bond donors (Lipinski definition) is 2. The van der Waals surface area contributed by atoms with E-state index in [4.69, 9.17) is 10.0 Å². The van der Waals surface area contributed by atoms with Crippen LogP contribution >= 0.6 is 0 Å². The van der Waals surface area contributed by atoms with E-state index >= 15 is 0 Å². The van der Waals surface area contributed by atoms with Gasteiger partial charge in [0.1, 0.15) is 0 Å². The summed E-state index contributed by atoms with van der Waals surface area (Å²) in [5, 5.41) is 17.3. The lowest BCUT2D eigenvalue weighted by molar-refractivity contribution is 0.386. The highest BCUT2D eigenvalue weighted by Crippen LogP contribution is 2.03. The molecule has 0 spiro atoms. The van der Waals surface area contributed by atoms with Crippen LogP contribution in [0.3, 0.4) is 0 Å². The van der Waals surface area contributed by atoms with Crippen LogP contribution < -0.4 is 10.2 Å². The average molecular weight is 171 g/mol. The minimum Gasteiger partial charge on any atom is -0.481 e. The first-order chi connectivity index (χ1) is 5.63. The largest absolute Gasteiger partial charge is 0.488 e. The van der Waals surface area contributed by atoms with Crippen LogP contribution in [0.15, 0.2) is 12.1 Å². The van der Waals surface area contributed by atoms with Gasteiger partial charge in [0.15, 0.2) is 0 Å². The molecule has 64 valence electrons. The molecule has 12 heavy (non-hydrogen) atoms. The monoisotopic (exact) mass is 171 g/mol. The maximum Gasteiger partial charge on any atom is 0.488 e. The van der Waals surface area contributed by atoms with Crippen molar-refractivity contribution >= 4 is 12.6 Å². The minimum atomic E-state index is -1.71. The Morgan fingerprint density at radius 2 is 2.17 bits per heavy atom. The summed E-state index contributed by atoms with van der Waals surface area (Å²) in [7, 11) is -0.397. The molecular weight excluding hydrogens is 164 g/mol. The number of aromatic nitrogens is 1. The molecule has 0 aliphatic rings. The Balaban J connectivity index is 3.06. The van der Waals surface area contributed by atoms with E-state index < -0.39 is 13.1 Å². The number of methoxy groups -OCH3 is 1. The minimum absolute atomic E-state index is 0.0121. The molecule has 0 unspecified atom stereocenters. The summed E-state index contributed by atoms with van der Waals surface area (Å²) in [6.07, 6.45) is 0. The molecule has 0 saturated carbocycles. The molecule has 4 nitrogen and oxygen atoms in total. The van der Waals surface area contributed by atoms with Gasteiger partial charge in [-0.1, -0.05) is 0 Å². The van der Waals surface area contributed by atoms with Gasteiger partial charge in [-0.15, -0.1) is 0 Å². The average Bonchev–Trinajstić information content (AvgIpc) is 2.03. The first-order valence-electron chi connectivity index (χ1n) is 3.21. The van der Waals surface area contributed by atoms with Crippen LogP contribution in [0.2, 0.25) is 0 Å². The van der Waals surface area contributed by atoms with Crippen molar-refractivity contribution in [1.29, 1.82) is 0 Å². The van der Waals surface area contributed by atoms with Gasteiger partial charge in [0.25, 0.3) is 0 Å². The van der Waals surface area contributed by atoms with E-state index in [2.05, 4.69) is 9.72 Å². The molecule has 0 aromatic carbocycles. The van der Waals surface area contributed by atoms with E-state index in [9.17, 15) is 4.39 Å². The first kappa shape index (κ1) is 8.96. The Bertz CT molecular complexity index is 281. The summed E-state index contributed by atoms with van der Waals surface area (Å²) in [6.45, 7) is 0. The van der Waals surface area contributed by atoms with Gasteiger partial charge in [0.05, 0.1) is 7.11 Å². The van der Waals surface area contributed by atoms with Gasteiger partial charge < -0.3 is 14.8 Å². The molecule has 0 atom stereocenters. The van der Waals surface area contributed by atoms with E-state index in [-0.39, 0.29) is 11.3 Å². The zero-order valence-corrected chi connectivity index (χ0v) is 6.36. The van der Waals surface area contributed by atoms with E-state index in [0.29, 0.717) is 0 Å². The van der Waals surface area contributed by atoms with Gasteiger partial charge in [0.2, 0.25) is 11.8 Å². The Hall–Kier alpha value is -1.14. The highest BCUT2D eigenvalue weighted by atomic mass is 19.1. The van der Waals surface area contributed by atoms with Gasteiger partial charge in [-0.3, -0.25) is 0 Å². The van der Waals surface area contributed by atoms with Crippen LogP contribution in [0.5, 0.6) is 5.88 Å². The molecule has 0 amide bonds. The van der Waals surface area contributed by atoms with Crippen molar-refractivity contribution < 1.29 is 19.2 Å². The standard InChI is InChI=1S/C6H7BFNO3/c1-12-6-3-4(7(10)11)2-5(8)9-6/h2-3,10-11H,1H3. The smallest absolute Gasteiger partial charge is 0.481 e. The Morgan fingerprint density at radius 1 is 1.50 bits per heavy atom. The summed E-state index contributed by atoms with van der Waals surface area (Å²) in [5.74, 6) is -0.796. The van der Waals surface area contributed by atoms with E-state index in [0.717, 1.165) is 6.07 Å². The van der Waals surface area contributed by atoms with Crippen LogP contribution in [0.4, 0.5) is 4.39 Å². The number of ether oxygens (including phenoxy) is 1. The molecule has 0 radical (unpaired) electrons. The number of halogens is 1. The summed E-state index contributed by atoms with van der Waals surface area (Å²) >= 11 is 0. The van der Waals surface area contributed by atoms with Crippen LogP contribution in [0, 0.1) is 5.95 Å². The van der Waals surface area contributed by atoms with Crippen molar-refractivity contribution in [2.75, 3.05) is 7.11 Å². The van der Waals surface area contributed by atoms with Crippen molar-refractivity contribution in [3.05, 3.63) is 18.1 Å². The molecule has 0 bridgehead atoms. The fourth-order valence-electron chi connectivity index (χ4n) is 0.745.